The van der Waals surface area contributed by atoms with Crippen molar-refractivity contribution in [1.29, 1.82) is 0 Å². The molecule has 1 saturated carbocycles. The van der Waals surface area contributed by atoms with Gasteiger partial charge in [-0.15, -0.1) is 0 Å². The third-order valence-corrected chi connectivity index (χ3v) is 4.61. The maximum atomic E-state index is 10.3. The molecule has 1 aliphatic rings. The number of hydrogen-bond donors (Lipinski definition) is 1. The summed E-state index contributed by atoms with van der Waals surface area (Å²) in [6, 6.07) is 0. The minimum atomic E-state index is -0.117. The van der Waals surface area contributed by atoms with Gasteiger partial charge in [0.1, 0.15) is 0 Å². The van der Waals surface area contributed by atoms with Crippen LogP contribution in [0.1, 0.15) is 53.9 Å². The minimum absolute atomic E-state index is 0.117. The smallest absolute Gasteiger partial charge is 0.0631 e. The second kappa shape index (κ2) is 6.19. The van der Waals surface area contributed by atoms with E-state index in [1.165, 1.54) is 25.8 Å². The maximum absolute atomic E-state index is 10.3. The zero-order chi connectivity index (χ0) is 13.1. The molecule has 3 unspecified atom stereocenters. The van der Waals surface area contributed by atoms with Crippen molar-refractivity contribution >= 4 is 0 Å². The van der Waals surface area contributed by atoms with E-state index in [1.807, 2.05) is 0 Å². The van der Waals surface area contributed by atoms with Crippen LogP contribution in [0.25, 0.3) is 0 Å². The summed E-state index contributed by atoms with van der Waals surface area (Å²) in [4.78, 5) is 2.52. The quantitative estimate of drug-likeness (QED) is 0.772. The predicted octanol–water partition coefficient (Wildman–Crippen LogP) is 3.15. The molecule has 0 aromatic rings. The lowest BCUT2D eigenvalue weighted by Crippen LogP contribution is -2.38. The molecule has 17 heavy (non-hydrogen) atoms. The van der Waals surface area contributed by atoms with E-state index in [-0.39, 0.29) is 11.5 Å². The Kier molecular flexibility index (Phi) is 5.46. The molecule has 2 heteroatoms. The number of hydrogen-bond acceptors (Lipinski definition) is 2. The summed E-state index contributed by atoms with van der Waals surface area (Å²) >= 11 is 0. The van der Waals surface area contributed by atoms with Crippen molar-refractivity contribution in [3.05, 3.63) is 0 Å². The average Bonchev–Trinajstić information content (AvgIpc) is 2.54. The largest absolute Gasteiger partial charge is 0.392 e. The first-order valence-electron chi connectivity index (χ1n) is 7.31. The molecule has 2 nitrogen and oxygen atoms in total. The highest BCUT2D eigenvalue weighted by Crippen LogP contribution is 2.41. The molecule has 0 amide bonds. The standard InChI is InChI=1S/C15H31NO/c1-6-12(3)10-16(7-2)11-13-8-9-15(4,5)14(13)17/h12-14,17H,6-11H2,1-5H3. The lowest BCUT2D eigenvalue weighted by Gasteiger charge is -2.30. The summed E-state index contributed by atoms with van der Waals surface area (Å²) in [5.41, 5.74) is 0.125. The molecular formula is C15H31NO. The highest BCUT2D eigenvalue weighted by Gasteiger charge is 2.40. The van der Waals surface area contributed by atoms with E-state index in [4.69, 9.17) is 0 Å². The predicted molar refractivity (Wildman–Crippen MR) is 74.1 cm³/mol. The summed E-state index contributed by atoms with van der Waals surface area (Å²) in [6.45, 7) is 14.6. The van der Waals surface area contributed by atoms with Crippen molar-refractivity contribution in [2.75, 3.05) is 19.6 Å². The zero-order valence-electron chi connectivity index (χ0n) is 12.4. The summed E-state index contributed by atoms with van der Waals surface area (Å²) in [5, 5.41) is 10.3. The van der Waals surface area contributed by atoms with Crippen molar-refractivity contribution in [2.45, 2.75) is 60.0 Å². The third kappa shape index (κ3) is 3.96. The molecular weight excluding hydrogens is 210 g/mol. The van der Waals surface area contributed by atoms with Crippen molar-refractivity contribution in [2.24, 2.45) is 17.3 Å². The molecule has 1 aliphatic carbocycles. The fraction of sp³-hybridized carbons (Fsp3) is 1.00. The molecule has 1 fully saturated rings. The Labute approximate surface area is 107 Å². The van der Waals surface area contributed by atoms with Gasteiger partial charge in [0.25, 0.3) is 0 Å². The van der Waals surface area contributed by atoms with Gasteiger partial charge in [-0.3, -0.25) is 0 Å². The molecule has 0 radical (unpaired) electrons. The maximum Gasteiger partial charge on any atom is 0.0631 e. The SMILES string of the molecule is CCC(C)CN(CC)CC1CCC(C)(C)C1O. The zero-order valence-corrected chi connectivity index (χ0v) is 12.4. The summed E-state index contributed by atoms with van der Waals surface area (Å²) in [5.74, 6) is 1.25. The van der Waals surface area contributed by atoms with Gasteiger partial charge in [-0.2, -0.15) is 0 Å². The van der Waals surface area contributed by atoms with Gasteiger partial charge in [0.2, 0.25) is 0 Å². The summed E-state index contributed by atoms with van der Waals surface area (Å²) in [6.07, 6.45) is 3.48. The van der Waals surface area contributed by atoms with E-state index in [0.29, 0.717) is 5.92 Å². The Hall–Kier alpha value is -0.0800. The van der Waals surface area contributed by atoms with Gasteiger partial charge >= 0.3 is 0 Å². The summed E-state index contributed by atoms with van der Waals surface area (Å²) in [7, 11) is 0. The van der Waals surface area contributed by atoms with E-state index < -0.39 is 0 Å². The van der Waals surface area contributed by atoms with Crippen molar-refractivity contribution < 1.29 is 5.11 Å². The van der Waals surface area contributed by atoms with Crippen LogP contribution in [0.4, 0.5) is 0 Å². The molecule has 0 aromatic carbocycles. The fourth-order valence-electron chi connectivity index (χ4n) is 2.93. The van der Waals surface area contributed by atoms with Crippen molar-refractivity contribution in [3.63, 3.8) is 0 Å². The van der Waals surface area contributed by atoms with Crippen LogP contribution >= 0.6 is 0 Å². The van der Waals surface area contributed by atoms with Crippen LogP contribution in [0.3, 0.4) is 0 Å². The van der Waals surface area contributed by atoms with Crippen LogP contribution in [0.15, 0.2) is 0 Å². The number of nitrogens with zero attached hydrogens (tertiary/aromatic N) is 1. The van der Waals surface area contributed by atoms with Crippen LogP contribution in [-0.2, 0) is 0 Å². The third-order valence-electron chi connectivity index (χ3n) is 4.61. The summed E-state index contributed by atoms with van der Waals surface area (Å²) < 4.78 is 0. The van der Waals surface area contributed by atoms with Gasteiger partial charge < -0.3 is 10.0 Å². The molecule has 0 aromatic heterocycles. The lowest BCUT2D eigenvalue weighted by molar-refractivity contribution is 0.0315. The lowest BCUT2D eigenvalue weighted by atomic mass is 9.87. The van der Waals surface area contributed by atoms with Crippen LogP contribution in [0.5, 0.6) is 0 Å². The number of rotatable bonds is 6. The first-order chi connectivity index (χ1) is 7.90. The second-order valence-electron chi connectivity index (χ2n) is 6.60. The van der Waals surface area contributed by atoms with Crippen LogP contribution in [-0.4, -0.2) is 35.7 Å². The van der Waals surface area contributed by atoms with Crippen molar-refractivity contribution in [3.8, 4) is 0 Å². The molecule has 0 aliphatic heterocycles. The molecule has 0 spiro atoms. The van der Waals surface area contributed by atoms with E-state index in [0.717, 1.165) is 19.0 Å². The molecule has 1 rings (SSSR count). The first-order valence-corrected chi connectivity index (χ1v) is 7.31. The van der Waals surface area contributed by atoms with E-state index in [9.17, 15) is 5.11 Å². The Morgan fingerprint density at radius 2 is 2.00 bits per heavy atom. The number of aliphatic hydroxyl groups excluding tert-OH is 1. The van der Waals surface area contributed by atoms with E-state index >= 15 is 0 Å². The molecule has 0 heterocycles. The van der Waals surface area contributed by atoms with Crippen molar-refractivity contribution in [1.82, 2.24) is 4.90 Å². The fourth-order valence-corrected chi connectivity index (χ4v) is 2.93. The first kappa shape index (κ1) is 15.0. The van der Waals surface area contributed by atoms with Gasteiger partial charge in [0.05, 0.1) is 6.10 Å². The topological polar surface area (TPSA) is 23.5 Å². The van der Waals surface area contributed by atoms with Gasteiger partial charge in [0, 0.05) is 13.1 Å². The molecule has 0 saturated heterocycles. The van der Waals surface area contributed by atoms with Crippen LogP contribution < -0.4 is 0 Å². The normalized spacial score (nSPS) is 29.8. The highest BCUT2D eigenvalue weighted by atomic mass is 16.3. The van der Waals surface area contributed by atoms with Gasteiger partial charge in [-0.25, -0.2) is 0 Å². The highest BCUT2D eigenvalue weighted by molar-refractivity contribution is 4.92. The van der Waals surface area contributed by atoms with Gasteiger partial charge in [0.15, 0.2) is 0 Å². The Balaban J connectivity index is 2.47. The Bertz CT molecular complexity index is 227. The van der Waals surface area contributed by atoms with E-state index in [1.54, 1.807) is 0 Å². The van der Waals surface area contributed by atoms with E-state index in [2.05, 4.69) is 39.5 Å². The van der Waals surface area contributed by atoms with Crippen LogP contribution in [0, 0.1) is 17.3 Å². The second-order valence-corrected chi connectivity index (χ2v) is 6.60. The van der Waals surface area contributed by atoms with Gasteiger partial charge in [-0.1, -0.05) is 41.0 Å². The molecule has 1 N–H and O–H groups in total. The molecule has 102 valence electrons. The molecule has 3 atom stereocenters. The average molecular weight is 241 g/mol. The van der Waals surface area contributed by atoms with Gasteiger partial charge in [-0.05, 0) is 36.6 Å². The molecule has 0 bridgehead atoms. The Morgan fingerprint density at radius 1 is 1.35 bits per heavy atom. The monoisotopic (exact) mass is 241 g/mol. The Morgan fingerprint density at radius 3 is 2.41 bits per heavy atom. The minimum Gasteiger partial charge on any atom is -0.392 e. The van der Waals surface area contributed by atoms with Crippen LogP contribution in [0.2, 0.25) is 0 Å². The number of aliphatic hydroxyl groups is 1.